The number of nitrogens with one attached hydrogen (secondary N) is 1. The third kappa shape index (κ3) is 4.59. The number of para-hydroxylation sites is 1. The minimum absolute atomic E-state index is 0.00532. The number of amides is 1. The number of nitrogen functional groups attached to an aromatic ring is 1. The largest absolute Gasteiger partial charge is 0.478 e. The van der Waals surface area contributed by atoms with Crippen LogP contribution in [-0.2, 0) is 4.79 Å². The number of Topliss-reactive ketones (excluding diaryl/α,β-unsaturated/α-hetero) is 1. The number of nitrogens with two attached hydrogens (primary N) is 1. The van der Waals surface area contributed by atoms with Crippen molar-refractivity contribution in [1.29, 1.82) is 0 Å². The van der Waals surface area contributed by atoms with Gasteiger partial charge in [-0.3, -0.25) is 9.59 Å². The smallest absolute Gasteiger partial charge is 0.337 e. The molecule has 7 nitrogen and oxygen atoms in total. The second-order valence-corrected chi connectivity index (χ2v) is 7.51. The Morgan fingerprint density at radius 1 is 1.14 bits per heavy atom. The van der Waals surface area contributed by atoms with Crippen molar-refractivity contribution < 1.29 is 19.5 Å². The fourth-order valence-electron chi connectivity index (χ4n) is 3.94. The van der Waals surface area contributed by atoms with Crippen LogP contribution < -0.4 is 11.1 Å². The molecule has 2 aliphatic heterocycles. The van der Waals surface area contributed by atoms with Gasteiger partial charge in [-0.05, 0) is 62.9 Å². The van der Waals surface area contributed by atoms with Crippen molar-refractivity contribution in [3.8, 4) is 0 Å². The lowest BCUT2D eigenvalue weighted by Gasteiger charge is -2.31. The first kappa shape index (κ1) is 20.1. The molecule has 28 heavy (non-hydrogen) atoms. The molecular formula is C21H27N3O4. The van der Waals surface area contributed by atoms with Gasteiger partial charge in [0.1, 0.15) is 0 Å². The predicted octanol–water partition coefficient (Wildman–Crippen LogP) is 1.94. The Bertz CT molecular complexity index is 784. The lowest BCUT2D eigenvalue weighted by molar-refractivity contribution is -0.127. The average Bonchev–Trinajstić information content (AvgIpc) is 2.72. The number of rotatable bonds is 5. The van der Waals surface area contributed by atoms with Crippen LogP contribution in [0.2, 0.25) is 0 Å². The van der Waals surface area contributed by atoms with E-state index in [1.165, 1.54) is 12.1 Å². The van der Waals surface area contributed by atoms with Crippen molar-refractivity contribution >= 4 is 23.3 Å². The van der Waals surface area contributed by atoms with Crippen LogP contribution in [0.3, 0.4) is 0 Å². The zero-order valence-corrected chi connectivity index (χ0v) is 15.9. The van der Waals surface area contributed by atoms with Gasteiger partial charge in [-0.2, -0.15) is 0 Å². The number of benzene rings is 1. The van der Waals surface area contributed by atoms with E-state index in [4.69, 9.17) is 5.73 Å². The van der Waals surface area contributed by atoms with Crippen LogP contribution in [0.4, 0.5) is 5.69 Å². The van der Waals surface area contributed by atoms with E-state index in [1.54, 1.807) is 17.0 Å². The molecular weight excluding hydrogens is 358 g/mol. The first-order valence-corrected chi connectivity index (χ1v) is 9.81. The number of hydrogen-bond donors (Lipinski definition) is 3. The van der Waals surface area contributed by atoms with Gasteiger partial charge in [0.05, 0.1) is 11.3 Å². The maximum atomic E-state index is 12.9. The Hall–Kier alpha value is -2.67. The van der Waals surface area contributed by atoms with E-state index in [0.29, 0.717) is 25.4 Å². The summed E-state index contributed by atoms with van der Waals surface area (Å²) in [6, 6.07) is 4.47. The molecule has 1 amide bonds. The van der Waals surface area contributed by atoms with Crippen LogP contribution in [0.25, 0.3) is 0 Å². The van der Waals surface area contributed by atoms with E-state index in [2.05, 4.69) is 5.32 Å². The summed E-state index contributed by atoms with van der Waals surface area (Å²) < 4.78 is 0. The summed E-state index contributed by atoms with van der Waals surface area (Å²) in [4.78, 5) is 38.5. The number of anilines is 1. The average molecular weight is 385 g/mol. The van der Waals surface area contributed by atoms with E-state index in [0.717, 1.165) is 32.4 Å². The maximum Gasteiger partial charge on any atom is 0.337 e. The Morgan fingerprint density at radius 3 is 2.57 bits per heavy atom. The number of ketones is 1. The monoisotopic (exact) mass is 385 g/mol. The molecule has 2 aliphatic rings. The molecule has 2 saturated heterocycles. The third-order valence-corrected chi connectivity index (χ3v) is 5.60. The number of carboxylic acid groups (broad SMARTS) is 1. The molecule has 0 aliphatic carbocycles. The molecule has 0 spiro atoms. The van der Waals surface area contributed by atoms with Crippen LogP contribution in [0, 0.1) is 11.8 Å². The number of piperidine rings is 2. The van der Waals surface area contributed by atoms with E-state index in [1.807, 2.05) is 6.08 Å². The van der Waals surface area contributed by atoms with Crippen LogP contribution in [-0.4, -0.2) is 53.8 Å². The zero-order valence-electron chi connectivity index (χ0n) is 15.9. The molecule has 0 saturated carbocycles. The zero-order chi connectivity index (χ0) is 20.1. The first-order chi connectivity index (χ1) is 13.5. The Kier molecular flexibility index (Phi) is 6.46. The van der Waals surface area contributed by atoms with Crippen LogP contribution in [0.1, 0.15) is 46.4 Å². The number of carbonyl (C=O) groups is 3. The number of nitrogens with zero attached hydrogens (tertiary/aromatic N) is 1. The van der Waals surface area contributed by atoms with Crippen LogP contribution in [0.5, 0.6) is 0 Å². The van der Waals surface area contributed by atoms with Gasteiger partial charge < -0.3 is 21.1 Å². The van der Waals surface area contributed by atoms with Gasteiger partial charge in [0.15, 0.2) is 5.78 Å². The van der Waals surface area contributed by atoms with Crippen molar-refractivity contribution in [2.24, 2.45) is 11.8 Å². The molecule has 0 bridgehead atoms. The first-order valence-electron chi connectivity index (χ1n) is 9.81. The molecule has 1 atom stereocenters. The van der Waals surface area contributed by atoms with Gasteiger partial charge in [0.25, 0.3) is 0 Å². The number of hydrogen-bond acceptors (Lipinski definition) is 5. The highest BCUT2D eigenvalue weighted by molar-refractivity contribution is 6.07. The predicted molar refractivity (Wildman–Crippen MR) is 106 cm³/mol. The van der Waals surface area contributed by atoms with E-state index in [-0.39, 0.29) is 34.4 Å². The van der Waals surface area contributed by atoms with Crippen molar-refractivity contribution in [1.82, 2.24) is 10.2 Å². The lowest BCUT2D eigenvalue weighted by Crippen LogP contribution is -2.41. The van der Waals surface area contributed by atoms with Gasteiger partial charge in [0.2, 0.25) is 5.91 Å². The van der Waals surface area contributed by atoms with Crippen molar-refractivity contribution in [2.75, 3.05) is 31.9 Å². The normalized spacial score (nSPS) is 21.0. The topological polar surface area (TPSA) is 113 Å². The van der Waals surface area contributed by atoms with Crippen molar-refractivity contribution in [3.63, 3.8) is 0 Å². The fourth-order valence-corrected chi connectivity index (χ4v) is 3.94. The molecule has 0 radical (unpaired) electrons. The Labute approximate surface area is 164 Å². The number of carbonyl (C=O) groups excluding carboxylic acids is 2. The highest BCUT2D eigenvalue weighted by Crippen LogP contribution is 2.26. The van der Waals surface area contributed by atoms with E-state index >= 15 is 0 Å². The molecule has 7 heteroatoms. The molecule has 1 aromatic rings. The number of aromatic carboxylic acids is 1. The molecule has 0 aromatic heterocycles. The summed E-state index contributed by atoms with van der Waals surface area (Å²) in [5, 5.41) is 12.5. The summed E-state index contributed by atoms with van der Waals surface area (Å²) in [5.41, 5.74) is 6.07. The van der Waals surface area contributed by atoms with Gasteiger partial charge in [-0.1, -0.05) is 12.1 Å². The molecule has 4 N–H and O–H groups in total. The number of carboxylic acids is 1. The van der Waals surface area contributed by atoms with E-state index < -0.39 is 5.97 Å². The van der Waals surface area contributed by atoms with Crippen LogP contribution in [0.15, 0.2) is 30.4 Å². The van der Waals surface area contributed by atoms with Gasteiger partial charge >= 0.3 is 5.97 Å². The van der Waals surface area contributed by atoms with Crippen molar-refractivity contribution in [2.45, 2.75) is 25.7 Å². The quantitative estimate of drug-likeness (QED) is 0.406. The highest BCUT2D eigenvalue weighted by atomic mass is 16.4. The molecule has 2 fully saturated rings. The number of likely N-dealkylation sites (tertiary alicyclic amines) is 1. The van der Waals surface area contributed by atoms with Crippen LogP contribution >= 0.6 is 0 Å². The van der Waals surface area contributed by atoms with Gasteiger partial charge in [-0.25, -0.2) is 4.79 Å². The molecule has 2 heterocycles. The summed E-state index contributed by atoms with van der Waals surface area (Å²) in [6.07, 6.45) is 7.10. The third-order valence-electron chi connectivity index (χ3n) is 5.60. The minimum Gasteiger partial charge on any atom is -0.478 e. The molecule has 0 unspecified atom stereocenters. The summed E-state index contributed by atoms with van der Waals surface area (Å²) in [7, 11) is 0. The second kappa shape index (κ2) is 9.01. The van der Waals surface area contributed by atoms with Gasteiger partial charge in [-0.15, -0.1) is 0 Å². The van der Waals surface area contributed by atoms with Crippen molar-refractivity contribution in [3.05, 3.63) is 41.5 Å². The molecule has 3 rings (SSSR count). The minimum atomic E-state index is -1.16. The Balaban J connectivity index is 1.66. The molecule has 1 aromatic carbocycles. The summed E-state index contributed by atoms with van der Waals surface area (Å²) >= 11 is 0. The highest BCUT2D eigenvalue weighted by Gasteiger charge is 2.30. The Morgan fingerprint density at radius 2 is 1.86 bits per heavy atom. The second-order valence-electron chi connectivity index (χ2n) is 7.51. The summed E-state index contributed by atoms with van der Waals surface area (Å²) in [6.45, 7) is 2.91. The number of allylic oxidation sites excluding steroid dienone is 1. The SMILES string of the molecule is Nc1c(C(=O)O)cccc1C(=O)[C@@H]1CCCN(C(=O)/C=C/C2CCNCC2)C1. The van der Waals surface area contributed by atoms with E-state index in [9.17, 15) is 19.5 Å². The maximum absolute atomic E-state index is 12.9. The van der Waals surface area contributed by atoms with Gasteiger partial charge in [0, 0.05) is 24.6 Å². The fraction of sp³-hybridized carbons (Fsp3) is 0.476. The lowest BCUT2D eigenvalue weighted by atomic mass is 9.88. The standard InChI is InChI=1S/C21H27N3O4/c22-19-16(4-1-5-17(19)21(27)28)20(26)15-3-2-12-24(13-15)18(25)7-6-14-8-10-23-11-9-14/h1,4-7,14-15,23H,2-3,8-13,22H2,(H,27,28)/b7-6+/t15-/m1/s1. The summed E-state index contributed by atoms with van der Waals surface area (Å²) in [5.74, 6) is -1.36. The molecule has 150 valence electrons.